The third-order valence-corrected chi connectivity index (χ3v) is 4.03. The maximum Gasteiger partial charge on any atom is 0.292 e. The fourth-order valence-corrected chi connectivity index (χ4v) is 2.54. The minimum atomic E-state index is -0.390. The van der Waals surface area contributed by atoms with Crippen LogP contribution in [0.1, 0.15) is 5.56 Å². The molecule has 2 aromatic heterocycles. The first-order chi connectivity index (χ1) is 11.5. The highest BCUT2D eigenvalue weighted by Gasteiger charge is 2.10. The van der Waals surface area contributed by atoms with E-state index in [1.807, 2.05) is 17.8 Å². The van der Waals surface area contributed by atoms with Gasteiger partial charge in [-0.25, -0.2) is 0 Å². The zero-order valence-electron chi connectivity index (χ0n) is 12.9. The molecular weight excluding hydrogens is 349 g/mol. The van der Waals surface area contributed by atoms with Gasteiger partial charge in [0.2, 0.25) is 0 Å². The summed E-state index contributed by atoms with van der Waals surface area (Å²) in [6.45, 7) is 3.21. The van der Waals surface area contributed by atoms with Gasteiger partial charge < -0.3 is 5.32 Å². The van der Waals surface area contributed by atoms with Crippen LogP contribution >= 0.6 is 23.2 Å². The lowest BCUT2D eigenvalue weighted by Gasteiger charge is -2.10. The van der Waals surface area contributed by atoms with Crippen molar-refractivity contribution in [2.45, 2.75) is 13.5 Å². The first-order valence-corrected chi connectivity index (χ1v) is 8.07. The molecule has 0 aliphatic carbocycles. The van der Waals surface area contributed by atoms with E-state index in [9.17, 15) is 4.79 Å². The number of aryl methyl sites for hydroxylation is 1. The van der Waals surface area contributed by atoms with Gasteiger partial charge in [0.25, 0.3) is 5.56 Å². The van der Waals surface area contributed by atoms with Crippen LogP contribution in [0.3, 0.4) is 0 Å². The highest BCUT2D eigenvalue weighted by Crippen LogP contribution is 2.17. The Morgan fingerprint density at radius 1 is 1.12 bits per heavy atom. The predicted molar refractivity (Wildman–Crippen MR) is 95.3 cm³/mol. The number of nitrogens with zero attached hydrogens (tertiary/aromatic N) is 4. The Labute approximate surface area is 148 Å². The molecule has 8 heteroatoms. The topological polar surface area (TPSA) is 64.7 Å². The van der Waals surface area contributed by atoms with Gasteiger partial charge in [0.1, 0.15) is 5.02 Å². The van der Waals surface area contributed by atoms with E-state index in [1.165, 1.54) is 10.9 Å². The van der Waals surface area contributed by atoms with Crippen LogP contribution < -0.4 is 10.9 Å². The minimum Gasteiger partial charge on any atom is -0.381 e. The summed E-state index contributed by atoms with van der Waals surface area (Å²) in [7, 11) is 0. The summed E-state index contributed by atoms with van der Waals surface area (Å²) in [6.07, 6.45) is 5.27. The number of aromatic nitrogens is 4. The van der Waals surface area contributed by atoms with E-state index in [-0.39, 0.29) is 10.6 Å². The Hall–Kier alpha value is -2.31. The van der Waals surface area contributed by atoms with Gasteiger partial charge in [0, 0.05) is 17.8 Å². The predicted octanol–water partition coefficient (Wildman–Crippen LogP) is 3.16. The fraction of sp³-hybridized carbons (Fsp3) is 0.188. The van der Waals surface area contributed by atoms with Crippen LogP contribution in [0, 0.1) is 6.92 Å². The van der Waals surface area contributed by atoms with Crippen molar-refractivity contribution in [1.82, 2.24) is 19.6 Å². The average Bonchev–Trinajstić information content (AvgIpc) is 2.98. The van der Waals surface area contributed by atoms with Crippen molar-refractivity contribution < 1.29 is 0 Å². The number of benzene rings is 1. The summed E-state index contributed by atoms with van der Waals surface area (Å²) in [6, 6.07) is 6.80. The monoisotopic (exact) mass is 363 g/mol. The number of anilines is 1. The molecule has 3 rings (SSSR count). The van der Waals surface area contributed by atoms with E-state index in [4.69, 9.17) is 23.2 Å². The second kappa shape index (κ2) is 7.07. The Balaban J connectivity index is 1.75. The Kier molecular flexibility index (Phi) is 4.87. The maximum absolute atomic E-state index is 12.4. The van der Waals surface area contributed by atoms with Gasteiger partial charge in [-0.3, -0.25) is 9.48 Å². The summed E-state index contributed by atoms with van der Waals surface area (Å²) in [5, 5.41) is 12.2. The molecule has 1 aromatic carbocycles. The van der Waals surface area contributed by atoms with Crippen LogP contribution in [-0.4, -0.2) is 26.1 Å². The van der Waals surface area contributed by atoms with Crippen molar-refractivity contribution in [2.75, 3.05) is 11.9 Å². The van der Waals surface area contributed by atoms with E-state index in [1.54, 1.807) is 30.5 Å². The molecule has 0 fully saturated rings. The summed E-state index contributed by atoms with van der Waals surface area (Å²) >= 11 is 12.0. The van der Waals surface area contributed by atoms with Crippen LogP contribution in [0.2, 0.25) is 10.0 Å². The molecule has 0 spiro atoms. The van der Waals surface area contributed by atoms with E-state index in [2.05, 4.69) is 15.5 Å². The molecule has 0 saturated heterocycles. The third kappa shape index (κ3) is 3.60. The van der Waals surface area contributed by atoms with Crippen LogP contribution in [0.5, 0.6) is 0 Å². The number of rotatable bonds is 5. The summed E-state index contributed by atoms with van der Waals surface area (Å²) in [5.41, 5.74) is 1.81. The van der Waals surface area contributed by atoms with Gasteiger partial charge >= 0.3 is 0 Å². The van der Waals surface area contributed by atoms with E-state index < -0.39 is 0 Å². The first kappa shape index (κ1) is 16.5. The molecule has 1 N–H and O–H groups in total. The van der Waals surface area contributed by atoms with Gasteiger partial charge in [-0.15, -0.1) is 0 Å². The zero-order chi connectivity index (χ0) is 17.1. The smallest absolute Gasteiger partial charge is 0.292 e. The van der Waals surface area contributed by atoms with E-state index >= 15 is 0 Å². The molecule has 0 bridgehead atoms. The van der Waals surface area contributed by atoms with Crippen molar-refractivity contribution in [3.63, 3.8) is 0 Å². The fourth-order valence-electron chi connectivity index (χ4n) is 2.22. The Bertz CT molecular complexity index is 902. The Morgan fingerprint density at radius 3 is 2.54 bits per heavy atom. The largest absolute Gasteiger partial charge is 0.381 e. The second-order valence-corrected chi connectivity index (χ2v) is 6.09. The standard InChI is InChI=1S/C16H15Cl2N5O/c1-11-8-20-22(10-11)7-6-19-14-9-21-23(16(24)15(14)18)13-4-2-12(17)3-5-13/h2-5,8-10,19H,6-7H2,1H3. The van der Waals surface area contributed by atoms with Crippen molar-refractivity contribution in [3.05, 3.63) is 68.8 Å². The molecule has 0 radical (unpaired) electrons. The number of halogens is 2. The molecule has 2 heterocycles. The lowest BCUT2D eigenvalue weighted by Crippen LogP contribution is -2.23. The first-order valence-electron chi connectivity index (χ1n) is 7.31. The van der Waals surface area contributed by atoms with Gasteiger partial charge in [-0.2, -0.15) is 14.9 Å². The van der Waals surface area contributed by atoms with E-state index in [0.717, 1.165) is 5.56 Å². The van der Waals surface area contributed by atoms with Crippen LogP contribution in [0.25, 0.3) is 5.69 Å². The molecule has 0 aliphatic rings. The second-order valence-electron chi connectivity index (χ2n) is 5.27. The third-order valence-electron chi connectivity index (χ3n) is 3.41. The maximum atomic E-state index is 12.4. The van der Waals surface area contributed by atoms with E-state index in [0.29, 0.717) is 29.5 Å². The van der Waals surface area contributed by atoms with Gasteiger partial charge in [0.05, 0.1) is 30.3 Å². The molecule has 6 nitrogen and oxygen atoms in total. The quantitative estimate of drug-likeness (QED) is 0.755. The molecular formula is C16H15Cl2N5O. The molecule has 124 valence electrons. The Morgan fingerprint density at radius 2 is 1.88 bits per heavy atom. The van der Waals surface area contributed by atoms with Crippen molar-refractivity contribution in [2.24, 2.45) is 0 Å². The molecule has 0 aliphatic heterocycles. The molecule has 3 aromatic rings. The molecule has 0 amide bonds. The molecule has 0 unspecified atom stereocenters. The van der Waals surface area contributed by atoms with Gasteiger partial charge in [0.15, 0.2) is 0 Å². The molecule has 0 atom stereocenters. The normalized spacial score (nSPS) is 10.8. The van der Waals surface area contributed by atoms with Crippen LogP contribution in [0.4, 0.5) is 5.69 Å². The zero-order valence-corrected chi connectivity index (χ0v) is 14.4. The van der Waals surface area contributed by atoms with Crippen molar-refractivity contribution in [1.29, 1.82) is 0 Å². The summed E-state index contributed by atoms with van der Waals surface area (Å²) in [5.74, 6) is 0. The highest BCUT2D eigenvalue weighted by atomic mass is 35.5. The lowest BCUT2D eigenvalue weighted by molar-refractivity contribution is 0.637. The number of hydrogen-bond acceptors (Lipinski definition) is 4. The van der Waals surface area contributed by atoms with Crippen molar-refractivity contribution >= 4 is 28.9 Å². The summed E-state index contributed by atoms with van der Waals surface area (Å²) in [4.78, 5) is 12.4. The number of hydrogen-bond donors (Lipinski definition) is 1. The number of nitrogens with one attached hydrogen (secondary N) is 1. The minimum absolute atomic E-state index is 0.0941. The SMILES string of the molecule is Cc1cnn(CCNc2cnn(-c3ccc(Cl)cc3)c(=O)c2Cl)c1. The lowest BCUT2D eigenvalue weighted by atomic mass is 10.3. The van der Waals surface area contributed by atoms with Crippen molar-refractivity contribution in [3.8, 4) is 5.69 Å². The van der Waals surface area contributed by atoms with Gasteiger partial charge in [-0.1, -0.05) is 23.2 Å². The molecule has 0 saturated carbocycles. The average molecular weight is 364 g/mol. The molecule has 24 heavy (non-hydrogen) atoms. The van der Waals surface area contributed by atoms with Crippen LogP contribution in [0.15, 0.2) is 47.7 Å². The highest BCUT2D eigenvalue weighted by molar-refractivity contribution is 6.33. The van der Waals surface area contributed by atoms with Crippen LogP contribution in [-0.2, 0) is 6.54 Å². The van der Waals surface area contributed by atoms with Gasteiger partial charge in [-0.05, 0) is 36.8 Å². The summed E-state index contributed by atoms with van der Waals surface area (Å²) < 4.78 is 3.05.